The van der Waals surface area contributed by atoms with E-state index < -0.39 is 21.3 Å². The first-order valence-electron chi connectivity index (χ1n) is 5.44. The third kappa shape index (κ3) is 5.49. The van der Waals surface area contributed by atoms with Crippen LogP contribution in [-0.2, 0) is 13.7 Å². The summed E-state index contributed by atoms with van der Waals surface area (Å²) in [5.74, 6) is -2.26. The first kappa shape index (κ1) is 16.3. The van der Waals surface area contributed by atoms with Crippen LogP contribution in [0.4, 0.5) is 8.39 Å². The molecule has 0 aliphatic heterocycles. The molecule has 1 aliphatic rings. The molecule has 1 saturated carbocycles. The Morgan fingerprint density at radius 1 is 1.28 bits per heavy atom. The minimum atomic E-state index is -5.22. The van der Waals surface area contributed by atoms with Gasteiger partial charge in [-0.15, -0.1) is 0 Å². The van der Waals surface area contributed by atoms with E-state index in [1.165, 1.54) is 0 Å². The van der Waals surface area contributed by atoms with Gasteiger partial charge in [0.05, 0.1) is 14.5 Å². The minimum Gasteiger partial charge on any atom is -0.396 e. The van der Waals surface area contributed by atoms with E-state index in [9.17, 15) is 17.5 Å². The van der Waals surface area contributed by atoms with Gasteiger partial charge >= 0.3 is 15.4 Å². The normalized spacial score (nSPS) is 35.0. The molecule has 104 valence electrons. The Balaban J connectivity index is 2.49. The number of aliphatic hydroxyl groups is 1. The zero-order chi connectivity index (χ0) is 14.0. The van der Waals surface area contributed by atoms with E-state index in [-0.39, 0.29) is 30.9 Å². The van der Waals surface area contributed by atoms with Crippen molar-refractivity contribution >= 4 is 23.2 Å². The molecule has 0 aromatic carbocycles. The lowest BCUT2D eigenvalue weighted by molar-refractivity contribution is 0.148. The van der Waals surface area contributed by atoms with Crippen molar-refractivity contribution in [3.05, 3.63) is 0 Å². The van der Waals surface area contributed by atoms with Crippen molar-refractivity contribution in [2.24, 2.45) is 11.8 Å². The van der Waals surface area contributed by atoms with Gasteiger partial charge in [-0.2, -0.15) is 8.39 Å². The average Bonchev–Trinajstić information content (AvgIpc) is 2.52. The number of hydrogen-bond acceptors (Lipinski definition) is 4. The van der Waals surface area contributed by atoms with Gasteiger partial charge < -0.3 is 14.5 Å². The van der Waals surface area contributed by atoms with Crippen LogP contribution in [0.1, 0.15) is 12.8 Å². The quantitative estimate of drug-likeness (QED) is 0.581. The van der Waals surface area contributed by atoms with Gasteiger partial charge in [-0.25, -0.2) is 0 Å². The van der Waals surface area contributed by atoms with Crippen molar-refractivity contribution in [2.45, 2.75) is 18.7 Å². The molecule has 5 nitrogen and oxygen atoms in total. The lowest BCUT2D eigenvalue weighted by Gasteiger charge is -2.18. The monoisotopic (exact) mass is 302 g/mol. The molecule has 0 aromatic heterocycles. The number of aliphatic hydroxyl groups excluding tert-OH is 1. The molecule has 1 fully saturated rings. The minimum absolute atomic E-state index is 0.153. The second-order valence-corrected chi connectivity index (χ2v) is 8.38. The molecule has 0 bridgehead atoms. The summed E-state index contributed by atoms with van der Waals surface area (Å²) in [4.78, 5) is 8.32. The highest BCUT2D eigenvalue weighted by molar-refractivity contribution is 7.70. The van der Waals surface area contributed by atoms with E-state index in [1.54, 1.807) is 0 Å². The fraction of sp³-hybridized carbons (Fsp3) is 1.00. The maximum absolute atomic E-state index is 13.2. The second kappa shape index (κ2) is 6.14. The Morgan fingerprint density at radius 2 is 1.83 bits per heavy atom. The molecule has 10 heteroatoms. The van der Waals surface area contributed by atoms with Crippen LogP contribution in [0.25, 0.3) is 0 Å². The predicted molar refractivity (Wildman–Crippen MR) is 63.3 cm³/mol. The summed E-state index contributed by atoms with van der Waals surface area (Å²) in [6.07, 6.45) is 1.01. The van der Waals surface area contributed by atoms with Crippen LogP contribution >= 0.6 is 15.4 Å². The van der Waals surface area contributed by atoms with Crippen LogP contribution in [0.5, 0.6) is 0 Å². The molecule has 0 aromatic rings. The number of halogens is 2. The molecule has 2 radical (unpaired) electrons. The molecule has 0 amide bonds. The molecular weight excluding hydrogens is 287 g/mol. The van der Waals surface area contributed by atoms with E-state index in [2.05, 4.69) is 4.52 Å². The highest BCUT2D eigenvalue weighted by Crippen LogP contribution is 2.62. The van der Waals surface area contributed by atoms with Crippen molar-refractivity contribution in [3.63, 3.8) is 0 Å². The molecule has 18 heavy (non-hydrogen) atoms. The summed E-state index contributed by atoms with van der Waals surface area (Å²) in [5, 5.41) is 9.05. The maximum atomic E-state index is 13.2. The Hall–Kier alpha value is 0.265. The van der Waals surface area contributed by atoms with E-state index in [0.29, 0.717) is 12.8 Å². The highest BCUT2D eigenvalue weighted by atomic mass is 31.3. The average molecular weight is 302 g/mol. The number of hydrogen-bond donors (Lipinski definition) is 2. The van der Waals surface area contributed by atoms with Crippen LogP contribution < -0.4 is 0 Å². The zero-order valence-corrected chi connectivity index (χ0v) is 11.4. The molecule has 1 rings (SSSR count). The summed E-state index contributed by atoms with van der Waals surface area (Å²) >= 11 is 0. The van der Waals surface area contributed by atoms with Gasteiger partial charge in [0.25, 0.3) is 0 Å². The van der Waals surface area contributed by atoms with Crippen molar-refractivity contribution in [3.8, 4) is 0 Å². The van der Waals surface area contributed by atoms with E-state index in [0.717, 1.165) is 0 Å². The lowest BCUT2D eigenvalue weighted by Crippen LogP contribution is -2.17. The van der Waals surface area contributed by atoms with Gasteiger partial charge in [0.1, 0.15) is 0 Å². The van der Waals surface area contributed by atoms with Crippen LogP contribution in [0.3, 0.4) is 0 Å². The van der Waals surface area contributed by atoms with Gasteiger partial charge in [0.2, 0.25) is 0 Å². The molecule has 1 aliphatic carbocycles. The smallest absolute Gasteiger partial charge is 0.379 e. The van der Waals surface area contributed by atoms with Crippen molar-refractivity contribution in [1.82, 2.24) is 0 Å². The SMILES string of the molecule is [B][C@@H]1CC(CO)[C@@H](COP(=O)(F)CP(=O)(O)F)C1. The first-order chi connectivity index (χ1) is 8.13. The largest absolute Gasteiger partial charge is 0.396 e. The summed E-state index contributed by atoms with van der Waals surface area (Å²) in [7, 11) is -4.50. The van der Waals surface area contributed by atoms with Crippen molar-refractivity contribution < 1.29 is 32.0 Å². The highest BCUT2D eigenvalue weighted by Gasteiger charge is 2.37. The second-order valence-electron chi connectivity index (χ2n) is 4.58. The zero-order valence-electron chi connectivity index (χ0n) is 9.61. The summed E-state index contributed by atoms with van der Waals surface area (Å²) in [6.45, 7) is -0.466. The van der Waals surface area contributed by atoms with E-state index in [4.69, 9.17) is 17.8 Å². The standard InChI is InChI=1S/C8H15BF2O5P2/c9-8-1-6(3-12)7(2-8)4-16-18(11,15)5-17(10,13)14/h6-8,12H,1-5H2,(H,13,14)/t6?,7-,8-,18?/m1/s1. The van der Waals surface area contributed by atoms with Gasteiger partial charge in [-0.3, -0.25) is 9.13 Å². The Morgan fingerprint density at radius 3 is 2.33 bits per heavy atom. The van der Waals surface area contributed by atoms with Gasteiger partial charge in [-0.05, 0) is 11.8 Å². The third-order valence-electron chi connectivity index (χ3n) is 2.94. The van der Waals surface area contributed by atoms with Crippen LogP contribution in [0.15, 0.2) is 0 Å². The van der Waals surface area contributed by atoms with Gasteiger partial charge in [0.15, 0.2) is 5.90 Å². The summed E-state index contributed by atoms with van der Waals surface area (Å²) in [5.41, 5.74) is 0. The molecular formula is C8H15BF2O5P2. The number of rotatable bonds is 6. The predicted octanol–water partition coefficient (Wildman–Crippen LogP) is 2.25. The Bertz CT molecular complexity index is 376. The van der Waals surface area contributed by atoms with Gasteiger partial charge in [0, 0.05) is 6.61 Å². The Labute approximate surface area is 105 Å². The Kier molecular flexibility index (Phi) is 5.57. The van der Waals surface area contributed by atoms with Crippen LogP contribution in [0.2, 0.25) is 5.82 Å². The summed E-state index contributed by atoms with van der Waals surface area (Å²) < 4.78 is 51.4. The topological polar surface area (TPSA) is 83.8 Å². The molecule has 3 unspecified atom stereocenters. The lowest BCUT2D eigenvalue weighted by atomic mass is 9.85. The third-order valence-corrected chi connectivity index (χ3v) is 6.22. The molecule has 0 heterocycles. The van der Waals surface area contributed by atoms with E-state index >= 15 is 0 Å². The van der Waals surface area contributed by atoms with Crippen molar-refractivity contribution in [1.29, 1.82) is 0 Å². The molecule has 2 N–H and O–H groups in total. The fourth-order valence-corrected chi connectivity index (χ4v) is 4.55. The summed E-state index contributed by atoms with van der Waals surface area (Å²) in [6, 6.07) is 0. The maximum Gasteiger partial charge on any atom is 0.379 e. The fourth-order valence-electron chi connectivity index (χ4n) is 2.14. The van der Waals surface area contributed by atoms with Crippen LogP contribution in [-0.4, -0.2) is 37.0 Å². The van der Waals surface area contributed by atoms with Gasteiger partial charge in [-0.1, -0.05) is 18.7 Å². The first-order valence-corrected chi connectivity index (χ1v) is 8.88. The molecule has 5 atom stereocenters. The van der Waals surface area contributed by atoms with Crippen LogP contribution in [0, 0.1) is 11.8 Å². The van der Waals surface area contributed by atoms with Crippen molar-refractivity contribution in [2.75, 3.05) is 19.1 Å². The molecule has 0 spiro atoms. The molecule has 0 saturated heterocycles. The van der Waals surface area contributed by atoms with E-state index in [1.807, 2.05) is 0 Å².